The maximum atomic E-state index is 8.85. The van der Waals surface area contributed by atoms with Crippen LogP contribution >= 0.6 is 0 Å². The van der Waals surface area contributed by atoms with Crippen molar-refractivity contribution in [3.63, 3.8) is 0 Å². The Hall–Kier alpha value is -0.120. The molecule has 0 rings (SSSR count). The van der Waals surface area contributed by atoms with E-state index in [4.69, 9.17) is 10.8 Å². The fraction of sp³-hybridized carbons (Fsp3) is 1.00. The standard InChI is InChI=1S/C7H18N2O/c1-3-4-7(8)9-5-6(2)10/h6-7,9-10H,3-5,8H2,1-2H3. The molecule has 0 aromatic carbocycles. The number of nitrogens with one attached hydrogen (secondary N) is 1. The third kappa shape index (κ3) is 6.01. The molecule has 0 radical (unpaired) electrons. The average Bonchev–Trinajstić information content (AvgIpc) is 1.85. The molecular formula is C7H18N2O. The Labute approximate surface area is 62.6 Å². The summed E-state index contributed by atoms with van der Waals surface area (Å²) >= 11 is 0. The van der Waals surface area contributed by atoms with Crippen molar-refractivity contribution in [3.8, 4) is 0 Å². The van der Waals surface area contributed by atoms with Gasteiger partial charge in [0.15, 0.2) is 0 Å². The van der Waals surface area contributed by atoms with E-state index in [9.17, 15) is 0 Å². The van der Waals surface area contributed by atoms with Crippen LogP contribution in [0.2, 0.25) is 0 Å². The van der Waals surface area contributed by atoms with Crippen LogP contribution in [0.3, 0.4) is 0 Å². The van der Waals surface area contributed by atoms with Gasteiger partial charge in [-0.3, -0.25) is 5.32 Å². The third-order valence-corrected chi connectivity index (χ3v) is 1.28. The van der Waals surface area contributed by atoms with Gasteiger partial charge in [0.25, 0.3) is 0 Å². The quantitative estimate of drug-likeness (QED) is 0.480. The summed E-state index contributed by atoms with van der Waals surface area (Å²) in [5, 5.41) is 11.9. The van der Waals surface area contributed by atoms with Crippen LogP contribution in [0, 0.1) is 0 Å². The fourth-order valence-corrected chi connectivity index (χ4v) is 0.735. The van der Waals surface area contributed by atoms with Gasteiger partial charge in [-0.05, 0) is 13.3 Å². The van der Waals surface area contributed by atoms with Crippen LogP contribution in [0.1, 0.15) is 26.7 Å². The summed E-state index contributed by atoms with van der Waals surface area (Å²) in [6.07, 6.45) is 1.78. The molecule has 2 atom stereocenters. The Kier molecular flexibility index (Phi) is 5.58. The Morgan fingerprint density at radius 3 is 2.60 bits per heavy atom. The lowest BCUT2D eigenvalue weighted by Crippen LogP contribution is -2.40. The second kappa shape index (κ2) is 5.65. The van der Waals surface area contributed by atoms with Crippen molar-refractivity contribution in [2.45, 2.75) is 39.0 Å². The predicted octanol–water partition coefficient (Wildman–Crippen LogP) is 0.0417. The van der Waals surface area contributed by atoms with Crippen molar-refractivity contribution in [3.05, 3.63) is 0 Å². The molecule has 3 heteroatoms. The van der Waals surface area contributed by atoms with E-state index in [2.05, 4.69) is 12.2 Å². The van der Waals surface area contributed by atoms with E-state index in [0.717, 1.165) is 12.8 Å². The van der Waals surface area contributed by atoms with Gasteiger partial charge in [-0.15, -0.1) is 0 Å². The lowest BCUT2D eigenvalue weighted by Gasteiger charge is -2.13. The molecule has 3 nitrogen and oxygen atoms in total. The summed E-state index contributed by atoms with van der Waals surface area (Å²) in [4.78, 5) is 0. The van der Waals surface area contributed by atoms with Gasteiger partial charge < -0.3 is 10.8 Å². The van der Waals surface area contributed by atoms with Crippen LogP contribution in [-0.2, 0) is 0 Å². The molecule has 2 unspecified atom stereocenters. The van der Waals surface area contributed by atoms with Gasteiger partial charge in [0.05, 0.1) is 12.3 Å². The summed E-state index contributed by atoms with van der Waals surface area (Å²) in [6, 6.07) is 0. The molecule has 0 heterocycles. The summed E-state index contributed by atoms with van der Waals surface area (Å²) in [7, 11) is 0. The number of hydrogen-bond donors (Lipinski definition) is 3. The van der Waals surface area contributed by atoms with E-state index >= 15 is 0 Å². The number of hydrogen-bond acceptors (Lipinski definition) is 3. The zero-order chi connectivity index (χ0) is 7.98. The predicted molar refractivity (Wildman–Crippen MR) is 42.6 cm³/mol. The molecule has 0 bridgehead atoms. The normalized spacial score (nSPS) is 16.8. The van der Waals surface area contributed by atoms with Gasteiger partial charge in [-0.2, -0.15) is 0 Å². The van der Waals surface area contributed by atoms with Crippen LogP contribution in [0.5, 0.6) is 0 Å². The van der Waals surface area contributed by atoms with Gasteiger partial charge in [0.2, 0.25) is 0 Å². The van der Waals surface area contributed by atoms with Crippen LogP contribution < -0.4 is 11.1 Å². The number of rotatable bonds is 5. The summed E-state index contributed by atoms with van der Waals surface area (Å²) in [5.74, 6) is 0. The minimum atomic E-state index is -0.303. The molecule has 0 fully saturated rings. The van der Waals surface area contributed by atoms with E-state index in [-0.39, 0.29) is 12.3 Å². The van der Waals surface area contributed by atoms with E-state index in [1.165, 1.54) is 0 Å². The maximum absolute atomic E-state index is 8.85. The Balaban J connectivity index is 3.12. The molecule has 62 valence electrons. The first kappa shape index (κ1) is 9.88. The Morgan fingerprint density at radius 2 is 2.20 bits per heavy atom. The van der Waals surface area contributed by atoms with Crippen molar-refractivity contribution in [1.82, 2.24) is 5.32 Å². The minimum absolute atomic E-state index is 0.0413. The van der Waals surface area contributed by atoms with Gasteiger partial charge in [-0.1, -0.05) is 13.3 Å². The zero-order valence-corrected chi connectivity index (χ0v) is 6.80. The summed E-state index contributed by atoms with van der Waals surface area (Å²) in [5.41, 5.74) is 5.61. The van der Waals surface area contributed by atoms with Crippen LogP contribution in [0.4, 0.5) is 0 Å². The summed E-state index contributed by atoms with van der Waals surface area (Å²) in [6.45, 7) is 4.41. The Bertz CT molecular complexity index is 76.0. The molecule has 0 aromatic rings. The highest BCUT2D eigenvalue weighted by Crippen LogP contribution is 1.88. The largest absolute Gasteiger partial charge is 0.392 e. The van der Waals surface area contributed by atoms with Crippen LogP contribution in [0.25, 0.3) is 0 Å². The lowest BCUT2D eigenvalue weighted by atomic mass is 10.3. The van der Waals surface area contributed by atoms with E-state index in [1.54, 1.807) is 6.92 Å². The maximum Gasteiger partial charge on any atom is 0.0637 e. The van der Waals surface area contributed by atoms with Crippen molar-refractivity contribution in [1.29, 1.82) is 0 Å². The molecule has 0 spiro atoms. The molecule has 0 saturated carbocycles. The van der Waals surface area contributed by atoms with Crippen LogP contribution in [-0.4, -0.2) is 23.9 Å². The third-order valence-electron chi connectivity index (χ3n) is 1.28. The molecular weight excluding hydrogens is 128 g/mol. The monoisotopic (exact) mass is 146 g/mol. The zero-order valence-electron chi connectivity index (χ0n) is 6.80. The number of aliphatic hydroxyl groups is 1. The topological polar surface area (TPSA) is 58.3 Å². The molecule has 4 N–H and O–H groups in total. The minimum Gasteiger partial charge on any atom is -0.392 e. The van der Waals surface area contributed by atoms with Crippen LogP contribution in [0.15, 0.2) is 0 Å². The first-order chi connectivity index (χ1) is 4.66. The molecule has 0 aliphatic heterocycles. The van der Waals surface area contributed by atoms with Crippen molar-refractivity contribution < 1.29 is 5.11 Å². The molecule has 0 aliphatic carbocycles. The lowest BCUT2D eigenvalue weighted by molar-refractivity contribution is 0.185. The fourth-order valence-electron chi connectivity index (χ4n) is 0.735. The highest BCUT2D eigenvalue weighted by molar-refractivity contribution is 4.59. The SMILES string of the molecule is CCCC(N)NCC(C)O. The highest BCUT2D eigenvalue weighted by Gasteiger charge is 2.00. The first-order valence-corrected chi connectivity index (χ1v) is 3.83. The van der Waals surface area contributed by atoms with Gasteiger partial charge in [0.1, 0.15) is 0 Å². The van der Waals surface area contributed by atoms with Crippen molar-refractivity contribution in [2.75, 3.05) is 6.54 Å². The molecule has 0 saturated heterocycles. The number of nitrogens with two attached hydrogens (primary N) is 1. The van der Waals surface area contributed by atoms with E-state index in [1.807, 2.05) is 0 Å². The van der Waals surface area contributed by atoms with Crippen molar-refractivity contribution in [2.24, 2.45) is 5.73 Å². The van der Waals surface area contributed by atoms with Gasteiger partial charge in [-0.25, -0.2) is 0 Å². The molecule has 0 aromatic heterocycles. The Morgan fingerprint density at radius 1 is 1.60 bits per heavy atom. The number of aliphatic hydroxyl groups excluding tert-OH is 1. The average molecular weight is 146 g/mol. The van der Waals surface area contributed by atoms with E-state index in [0.29, 0.717) is 6.54 Å². The molecule has 10 heavy (non-hydrogen) atoms. The smallest absolute Gasteiger partial charge is 0.0637 e. The second-order valence-corrected chi connectivity index (χ2v) is 2.65. The highest BCUT2D eigenvalue weighted by atomic mass is 16.3. The molecule has 0 aliphatic rings. The first-order valence-electron chi connectivity index (χ1n) is 3.83. The van der Waals surface area contributed by atoms with Crippen molar-refractivity contribution >= 4 is 0 Å². The second-order valence-electron chi connectivity index (χ2n) is 2.65. The summed E-state index contributed by atoms with van der Waals surface area (Å²) < 4.78 is 0. The molecule has 0 amide bonds. The van der Waals surface area contributed by atoms with Gasteiger partial charge >= 0.3 is 0 Å². The van der Waals surface area contributed by atoms with Gasteiger partial charge in [0, 0.05) is 6.54 Å². The van der Waals surface area contributed by atoms with E-state index < -0.39 is 0 Å².